The van der Waals surface area contributed by atoms with Crippen LogP contribution < -0.4 is 0 Å². The second kappa shape index (κ2) is 11.0. The van der Waals surface area contributed by atoms with E-state index in [0.29, 0.717) is 25.7 Å². The van der Waals surface area contributed by atoms with Gasteiger partial charge in [0.05, 0.1) is 15.9 Å². The van der Waals surface area contributed by atoms with Crippen LogP contribution in [-0.4, -0.2) is 37.1 Å². The number of hydrogen-bond donors (Lipinski definition) is 0. The van der Waals surface area contributed by atoms with Crippen molar-refractivity contribution in [3.63, 3.8) is 0 Å². The molecule has 0 saturated carbocycles. The van der Waals surface area contributed by atoms with Gasteiger partial charge < -0.3 is 0 Å². The smallest absolute Gasteiger partial charge is 0.266 e. The number of thiocarbonyl (C=S) groups is 1. The van der Waals surface area contributed by atoms with Crippen molar-refractivity contribution >= 4 is 69.0 Å². The molecule has 5 nitrogen and oxygen atoms in total. The van der Waals surface area contributed by atoms with Crippen molar-refractivity contribution in [1.82, 2.24) is 14.5 Å². The summed E-state index contributed by atoms with van der Waals surface area (Å²) >= 11 is 8.11. The van der Waals surface area contributed by atoms with Gasteiger partial charge in [-0.25, -0.2) is 9.37 Å². The monoisotopic (exact) mass is 547 g/mol. The number of benzene rings is 3. The van der Waals surface area contributed by atoms with Crippen molar-refractivity contribution in [2.24, 2.45) is 0 Å². The van der Waals surface area contributed by atoms with Gasteiger partial charge in [-0.15, -0.1) is 0 Å². The summed E-state index contributed by atoms with van der Waals surface area (Å²) in [5.41, 5.74) is 4.53. The summed E-state index contributed by atoms with van der Waals surface area (Å²) in [5, 5.41) is 0.619. The van der Waals surface area contributed by atoms with Crippen LogP contribution in [-0.2, 0) is 10.5 Å². The Morgan fingerprint density at radius 2 is 1.81 bits per heavy atom. The fourth-order valence-electron chi connectivity index (χ4n) is 3.90. The number of fused-ring (bicyclic) bond motifs is 1. The fourth-order valence-corrected chi connectivity index (χ4v) is 6.19. The Morgan fingerprint density at radius 1 is 1.08 bits per heavy atom. The first-order chi connectivity index (χ1) is 17.9. The van der Waals surface area contributed by atoms with E-state index in [1.54, 1.807) is 22.8 Å². The summed E-state index contributed by atoms with van der Waals surface area (Å²) in [7, 11) is 0. The molecular formula is C28H22FN3O2S3. The maximum atomic E-state index is 13.4. The van der Waals surface area contributed by atoms with Crippen LogP contribution in [0, 0.1) is 12.7 Å². The number of hydrogen-bond acceptors (Lipinski definition) is 6. The topological polar surface area (TPSA) is 55.2 Å². The molecule has 0 radical (unpaired) electrons. The van der Waals surface area contributed by atoms with Crippen LogP contribution in [0.1, 0.15) is 27.9 Å². The van der Waals surface area contributed by atoms with Crippen molar-refractivity contribution in [3.8, 4) is 0 Å². The molecule has 1 aliphatic heterocycles. The van der Waals surface area contributed by atoms with Crippen molar-refractivity contribution in [2.75, 3.05) is 6.54 Å². The normalized spacial score (nSPS) is 14.8. The lowest BCUT2D eigenvalue weighted by Crippen LogP contribution is -2.31. The SMILES string of the molecule is Cc1ccc(CSc2nc3ccccc3n2C(=O)CCN2C(=O)/C(=C\c3ccc(F)cc3)SC2=S)cc1. The summed E-state index contributed by atoms with van der Waals surface area (Å²) in [6.07, 6.45) is 1.78. The summed E-state index contributed by atoms with van der Waals surface area (Å²) in [5.74, 6) is -0.0698. The van der Waals surface area contributed by atoms with Crippen molar-refractivity contribution in [3.05, 3.63) is 100 Å². The van der Waals surface area contributed by atoms with E-state index in [4.69, 9.17) is 17.2 Å². The number of halogens is 1. The van der Waals surface area contributed by atoms with E-state index >= 15 is 0 Å². The maximum absolute atomic E-state index is 13.4. The van der Waals surface area contributed by atoms with Gasteiger partial charge in [0.1, 0.15) is 10.1 Å². The predicted octanol–water partition coefficient (Wildman–Crippen LogP) is 6.71. The van der Waals surface area contributed by atoms with Gasteiger partial charge in [0.15, 0.2) is 5.16 Å². The highest BCUT2D eigenvalue weighted by molar-refractivity contribution is 8.26. The van der Waals surface area contributed by atoms with Gasteiger partial charge >= 0.3 is 0 Å². The van der Waals surface area contributed by atoms with E-state index in [1.807, 2.05) is 31.2 Å². The fraction of sp³-hybridized carbons (Fsp3) is 0.143. The van der Waals surface area contributed by atoms with Crippen LogP contribution in [0.25, 0.3) is 17.1 Å². The molecule has 0 N–H and O–H groups in total. The standard InChI is InChI=1S/C28H22FN3O2S3/c1-18-6-8-20(9-7-18)17-36-27-30-22-4-2-3-5-23(22)32(27)25(33)14-15-31-26(34)24(37-28(31)35)16-19-10-12-21(29)13-11-19/h2-13,16H,14-15,17H2,1H3/b24-16+. The molecule has 0 spiro atoms. The van der Waals surface area contributed by atoms with Gasteiger partial charge in [-0.2, -0.15) is 0 Å². The minimum Gasteiger partial charge on any atom is -0.292 e. The Morgan fingerprint density at radius 3 is 2.57 bits per heavy atom. The summed E-state index contributed by atoms with van der Waals surface area (Å²) in [4.78, 5) is 33.0. The molecule has 2 heterocycles. The third-order valence-electron chi connectivity index (χ3n) is 5.86. The number of carbonyl (C=O) groups excluding carboxylic acids is 2. The first-order valence-electron chi connectivity index (χ1n) is 11.6. The zero-order valence-corrected chi connectivity index (χ0v) is 22.3. The Hall–Kier alpha value is -3.27. The Balaban J connectivity index is 1.32. The maximum Gasteiger partial charge on any atom is 0.266 e. The summed E-state index contributed by atoms with van der Waals surface area (Å²) in [6, 6.07) is 21.7. The Bertz CT molecular complexity index is 1530. The van der Waals surface area contributed by atoms with Crippen LogP contribution in [0.2, 0.25) is 0 Å². The number of thioether (sulfide) groups is 2. The summed E-state index contributed by atoms with van der Waals surface area (Å²) in [6.45, 7) is 2.21. The van der Waals surface area contributed by atoms with Gasteiger partial charge in [0, 0.05) is 18.7 Å². The Kier molecular flexibility index (Phi) is 7.55. The molecule has 186 valence electrons. The molecule has 0 bridgehead atoms. The molecule has 1 fully saturated rings. The average molecular weight is 548 g/mol. The average Bonchev–Trinajstić information content (AvgIpc) is 3.39. The van der Waals surface area contributed by atoms with E-state index in [2.05, 4.69) is 24.3 Å². The van der Waals surface area contributed by atoms with Gasteiger partial charge in [-0.1, -0.05) is 89.8 Å². The highest BCUT2D eigenvalue weighted by atomic mass is 32.2. The van der Waals surface area contributed by atoms with Gasteiger partial charge in [0.2, 0.25) is 5.91 Å². The molecule has 3 aromatic carbocycles. The summed E-state index contributed by atoms with van der Waals surface area (Å²) < 4.78 is 15.2. The lowest BCUT2D eigenvalue weighted by atomic mass is 10.2. The molecular weight excluding hydrogens is 526 g/mol. The number of nitrogens with zero attached hydrogens (tertiary/aromatic N) is 3. The number of rotatable bonds is 7. The van der Waals surface area contributed by atoms with Crippen molar-refractivity contribution < 1.29 is 14.0 Å². The molecule has 37 heavy (non-hydrogen) atoms. The molecule has 0 atom stereocenters. The first kappa shape index (κ1) is 25.4. The zero-order chi connectivity index (χ0) is 25.9. The molecule has 5 rings (SSSR count). The van der Waals surface area contributed by atoms with Crippen molar-refractivity contribution in [1.29, 1.82) is 0 Å². The molecule has 0 aliphatic carbocycles. The third-order valence-corrected chi connectivity index (χ3v) is 8.25. The van der Waals surface area contributed by atoms with Crippen LogP contribution in [0.5, 0.6) is 0 Å². The largest absolute Gasteiger partial charge is 0.292 e. The minimum absolute atomic E-state index is 0.0920. The number of aromatic nitrogens is 2. The van der Waals surface area contributed by atoms with Crippen molar-refractivity contribution in [2.45, 2.75) is 24.3 Å². The van der Waals surface area contributed by atoms with E-state index in [9.17, 15) is 14.0 Å². The molecule has 4 aromatic rings. The van der Waals surface area contributed by atoms with E-state index in [-0.39, 0.29) is 30.6 Å². The van der Waals surface area contributed by atoms with Crippen LogP contribution in [0.4, 0.5) is 4.39 Å². The number of imidazole rings is 1. The molecule has 1 saturated heterocycles. The first-order valence-corrected chi connectivity index (χ1v) is 13.8. The lowest BCUT2D eigenvalue weighted by molar-refractivity contribution is -0.122. The highest BCUT2D eigenvalue weighted by Crippen LogP contribution is 2.33. The lowest BCUT2D eigenvalue weighted by Gasteiger charge is -2.15. The van der Waals surface area contributed by atoms with E-state index < -0.39 is 0 Å². The zero-order valence-electron chi connectivity index (χ0n) is 19.9. The molecule has 1 aromatic heterocycles. The van der Waals surface area contributed by atoms with E-state index in [0.717, 1.165) is 16.6 Å². The number of carbonyl (C=O) groups is 2. The Labute approximate surface area is 227 Å². The molecule has 0 unspecified atom stereocenters. The second-order valence-corrected chi connectivity index (χ2v) is 11.1. The molecule has 1 amide bonds. The molecule has 1 aliphatic rings. The molecule has 9 heteroatoms. The number of aryl methyl sites for hydroxylation is 1. The third kappa shape index (κ3) is 5.69. The minimum atomic E-state index is -0.341. The van der Waals surface area contributed by atoms with Gasteiger partial charge in [0.25, 0.3) is 5.91 Å². The predicted molar refractivity (Wildman–Crippen MR) is 152 cm³/mol. The van der Waals surface area contributed by atoms with Gasteiger partial charge in [-0.05, 0) is 48.4 Å². The van der Waals surface area contributed by atoms with Crippen LogP contribution in [0.3, 0.4) is 0 Å². The van der Waals surface area contributed by atoms with E-state index in [1.165, 1.54) is 46.1 Å². The van der Waals surface area contributed by atoms with Gasteiger partial charge in [-0.3, -0.25) is 19.1 Å². The van der Waals surface area contributed by atoms with Crippen LogP contribution in [0.15, 0.2) is 82.9 Å². The number of para-hydroxylation sites is 2. The quantitative estimate of drug-likeness (QED) is 0.146. The number of amides is 1. The second-order valence-electron chi connectivity index (χ2n) is 8.52. The van der Waals surface area contributed by atoms with Crippen LogP contribution >= 0.6 is 35.7 Å². The highest BCUT2D eigenvalue weighted by Gasteiger charge is 2.32.